The van der Waals surface area contributed by atoms with Crippen LogP contribution >= 0.6 is 0 Å². The number of hydrogen-bond donors (Lipinski definition) is 2. The summed E-state index contributed by atoms with van der Waals surface area (Å²) in [7, 11) is 0. The third kappa shape index (κ3) is 4.41. The maximum Gasteiger partial charge on any atom is 0.302 e. The Labute approximate surface area is 232 Å². The fourth-order valence-electron chi connectivity index (χ4n) is 8.24. The third-order valence-corrected chi connectivity index (χ3v) is 10.5. The zero-order valence-corrected chi connectivity index (χ0v) is 24.7. The molecule has 39 heavy (non-hydrogen) atoms. The maximum atomic E-state index is 14.1. The normalized spacial score (nSPS) is 41.9. The van der Waals surface area contributed by atoms with E-state index in [1.54, 1.807) is 19.9 Å². The van der Waals surface area contributed by atoms with Crippen molar-refractivity contribution < 1.29 is 38.7 Å². The molecular formula is C31H46O8. The van der Waals surface area contributed by atoms with Gasteiger partial charge in [-0.3, -0.25) is 9.59 Å². The van der Waals surface area contributed by atoms with Crippen molar-refractivity contribution in [1.82, 2.24) is 0 Å². The van der Waals surface area contributed by atoms with E-state index in [2.05, 4.69) is 13.8 Å². The number of carbonyl (C=O) groups excluding carboxylic acids is 2. The van der Waals surface area contributed by atoms with Gasteiger partial charge in [-0.05, 0) is 58.4 Å². The Bertz CT molecular complexity index is 1100. The average Bonchev–Trinajstić information content (AvgIpc) is 3.19. The van der Waals surface area contributed by atoms with Gasteiger partial charge in [-0.1, -0.05) is 34.1 Å². The molecule has 0 bridgehead atoms. The molecule has 8 nitrogen and oxygen atoms in total. The summed E-state index contributed by atoms with van der Waals surface area (Å²) in [6.45, 7) is 15.2. The van der Waals surface area contributed by atoms with E-state index in [9.17, 15) is 19.8 Å². The molecule has 0 amide bonds. The van der Waals surface area contributed by atoms with E-state index in [0.29, 0.717) is 24.0 Å². The lowest BCUT2D eigenvalue weighted by atomic mass is 9.52. The Morgan fingerprint density at radius 2 is 1.92 bits per heavy atom. The number of ether oxygens (including phenoxy) is 4. The monoisotopic (exact) mass is 546 g/mol. The van der Waals surface area contributed by atoms with Crippen LogP contribution in [0.15, 0.2) is 23.0 Å². The minimum Gasteiger partial charge on any atom is -0.483 e. The number of ketones is 1. The Morgan fingerprint density at radius 1 is 1.23 bits per heavy atom. The lowest BCUT2D eigenvalue weighted by Gasteiger charge is -2.62. The Hall–Kier alpha value is -1.74. The van der Waals surface area contributed by atoms with Crippen molar-refractivity contribution in [3.8, 4) is 0 Å². The first-order chi connectivity index (χ1) is 18.1. The Balaban J connectivity index is 1.51. The maximum absolute atomic E-state index is 14.1. The summed E-state index contributed by atoms with van der Waals surface area (Å²) in [6.07, 6.45) is 4.02. The molecule has 3 heterocycles. The van der Waals surface area contributed by atoms with Crippen molar-refractivity contribution in [2.24, 2.45) is 23.2 Å². The standard InChI is InChI=1S/C31H46O8/c1-9-16(2)24(37-18(4)32)17(3)19-14-31(35)15-36-26-22(31)25(23(19)33)39-30(8)13-11-21-29(7,27(26)30)12-10-20(38-21)28(5,6)34/h14,16-17,20-21,24,26-27,34-35H,9-13,15H2,1-8H3/t16-,17-,20+,21+,24+,26+,27+,29-,30+,31?/m0/s1. The predicted molar refractivity (Wildman–Crippen MR) is 143 cm³/mol. The second kappa shape index (κ2) is 9.40. The second-order valence-corrected chi connectivity index (χ2v) is 13.8. The van der Waals surface area contributed by atoms with Crippen molar-refractivity contribution in [3.63, 3.8) is 0 Å². The first-order valence-electron chi connectivity index (χ1n) is 14.7. The van der Waals surface area contributed by atoms with Crippen LogP contribution in [0.5, 0.6) is 0 Å². The molecule has 5 aliphatic rings. The first-order valence-corrected chi connectivity index (χ1v) is 14.7. The number of esters is 1. The van der Waals surface area contributed by atoms with Gasteiger partial charge in [-0.2, -0.15) is 0 Å². The van der Waals surface area contributed by atoms with Gasteiger partial charge in [0.1, 0.15) is 17.3 Å². The summed E-state index contributed by atoms with van der Waals surface area (Å²) in [5, 5.41) is 22.6. The topological polar surface area (TPSA) is 112 Å². The highest BCUT2D eigenvalue weighted by molar-refractivity contribution is 6.10. The molecule has 0 aromatic rings. The van der Waals surface area contributed by atoms with Crippen molar-refractivity contribution in [2.45, 2.75) is 129 Å². The number of fused-ring (bicyclic) bond motifs is 4. The van der Waals surface area contributed by atoms with Gasteiger partial charge in [-0.25, -0.2) is 0 Å². The fraction of sp³-hybridized carbons (Fsp3) is 0.806. The van der Waals surface area contributed by atoms with Crippen LogP contribution in [0.1, 0.15) is 87.5 Å². The van der Waals surface area contributed by atoms with Crippen LogP contribution in [0.4, 0.5) is 0 Å². The van der Waals surface area contributed by atoms with E-state index in [-0.39, 0.29) is 47.6 Å². The molecule has 218 valence electrons. The van der Waals surface area contributed by atoms with Crippen LogP contribution in [-0.4, -0.2) is 69.8 Å². The molecule has 0 spiro atoms. The molecule has 10 atom stereocenters. The Kier molecular flexibility index (Phi) is 6.93. The second-order valence-electron chi connectivity index (χ2n) is 13.8. The van der Waals surface area contributed by atoms with Gasteiger partial charge in [0.2, 0.25) is 5.78 Å². The molecule has 2 saturated heterocycles. The molecule has 1 unspecified atom stereocenters. The van der Waals surface area contributed by atoms with Crippen LogP contribution in [0, 0.1) is 23.2 Å². The largest absolute Gasteiger partial charge is 0.483 e. The minimum absolute atomic E-state index is 0.0265. The van der Waals surface area contributed by atoms with Crippen molar-refractivity contribution in [1.29, 1.82) is 0 Å². The first kappa shape index (κ1) is 28.8. The number of aliphatic hydroxyl groups is 2. The average molecular weight is 547 g/mol. The van der Waals surface area contributed by atoms with Gasteiger partial charge in [0.05, 0.1) is 30.5 Å². The van der Waals surface area contributed by atoms with E-state index >= 15 is 0 Å². The van der Waals surface area contributed by atoms with E-state index in [1.165, 1.54) is 6.92 Å². The fourth-order valence-corrected chi connectivity index (χ4v) is 8.24. The number of Topliss-reactive ketones (excluding diaryl/α,β-unsaturated/α-hetero) is 1. The summed E-state index contributed by atoms with van der Waals surface area (Å²) in [6, 6.07) is 0. The molecule has 8 heteroatoms. The van der Waals surface area contributed by atoms with Crippen LogP contribution in [-0.2, 0) is 28.5 Å². The molecule has 1 saturated carbocycles. The number of hydrogen-bond acceptors (Lipinski definition) is 8. The molecule has 3 aliphatic heterocycles. The number of rotatable bonds is 6. The summed E-state index contributed by atoms with van der Waals surface area (Å²) in [5.74, 6) is -0.989. The minimum atomic E-state index is -1.47. The summed E-state index contributed by atoms with van der Waals surface area (Å²) in [5.41, 5.74) is -2.48. The SMILES string of the molecule is CC[C@H](C)[C@@H](OC(C)=O)[C@@H](C)C1=CC2(O)CO[C@@H]3C2=C(O[C@]2(C)CC[C@H]4O[C@@H](C(C)(C)O)CC[C@]4(C)[C@@H]32)C1=O. The van der Waals surface area contributed by atoms with Crippen molar-refractivity contribution in [3.05, 3.63) is 23.0 Å². The van der Waals surface area contributed by atoms with Crippen LogP contribution in [0.25, 0.3) is 0 Å². The summed E-state index contributed by atoms with van der Waals surface area (Å²) < 4.78 is 25.3. The highest BCUT2D eigenvalue weighted by atomic mass is 16.6. The van der Waals surface area contributed by atoms with E-state index in [1.807, 2.05) is 20.8 Å². The highest BCUT2D eigenvalue weighted by Crippen LogP contribution is 2.62. The number of carbonyl (C=O) groups is 2. The van der Waals surface area contributed by atoms with Gasteiger partial charge >= 0.3 is 5.97 Å². The van der Waals surface area contributed by atoms with Crippen molar-refractivity contribution in [2.75, 3.05) is 6.61 Å². The lowest BCUT2D eigenvalue weighted by molar-refractivity contribution is -0.260. The van der Waals surface area contributed by atoms with Crippen LogP contribution in [0.2, 0.25) is 0 Å². The highest BCUT2D eigenvalue weighted by Gasteiger charge is 2.68. The van der Waals surface area contributed by atoms with Gasteiger partial charge in [0, 0.05) is 35.3 Å². The summed E-state index contributed by atoms with van der Waals surface area (Å²) in [4.78, 5) is 26.0. The molecule has 2 aliphatic carbocycles. The third-order valence-electron chi connectivity index (χ3n) is 10.5. The molecular weight excluding hydrogens is 500 g/mol. The van der Waals surface area contributed by atoms with Gasteiger partial charge in [-0.15, -0.1) is 0 Å². The smallest absolute Gasteiger partial charge is 0.302 e. The summed E-state index contributed by atoms with van der Waals surface area (Å²) >= 11 is 0. The zero-order valence-electron chi connectivity index (χ0n) is 24.7. The molecule has 3 fully saturated rings. The van der Waals surface area contributed by atoms with E-state index in [4.69, 9.17) is 18.9 Å². The quantitative estimate of drug-likeness (QED) is 0.481. The predicted octanol–water partition coefficient (Wildman–Crippen LogP) is 4.02. The molecule has 0 aromatic heterocycles. The van der Waals surface area contributed by atoms with Gasteiger partial charge in [0.15, 0.2) is 5.76 Å². The lowest BCUT2D eigenvalue weighted by Crippen LogP contribution is -2.66. The Morgan fingerprint density at radius 3 is 2.54 bits per heavy atom. The molecule has 2 N–H and O–H groups in total. The van der Waals surface area contributed by atoms with Gasteiger partial charge < -0.3 is 29.2 Å². The van der Waals surface area contributed by atoms with Crippen LogP contribution < -0.4 is 0 Å². The zero-order chi connectivity index (χ0) is 28.7. The van der Waals surface area contributed by atoms with E-state index in [0.717, 1.165) is 19.3 Å². The number of allylic oxidation sites excluding steroid dienone is 1. The molecule has 0 radical (unpaired) electrons. The van der Waals surface area contributed by atoms with Gasteiger partial charge in [0.25, 0.3) is 0 Å². The van der Waals surface area contributed by atoms with Crippen molar-refractivity contribution >= 4 is 11.8 Å². The van der Waals surface area contributed by atoms with Crippen LogP contribution in [0.3, 0.4) is 0 Å². The molecule has 0 aromatic carbocycles. The van der Waals surface area contributed by atoms with E-state index < -0.39 is 40.9 Å². The molecule has 5 rings (SSSR count).